The first-order chi connectivity index (χ1) is 8.63. The van der Waals surface area contributed by atoms with Gasteiger partial charge in [-0.2, -0.15) is 0 Å². The Morgan fingerprint density at radius 2 is 2.22 bits per heavy atom. The smallest absolute Gasteiger partial charge is 0.354 e. The summed E-state index contributed by atoms with van der Waals surface area (Å²) >= 11 is 0. The number of aromatic nitrogens is 1. The lowest BCUT2D eigenvalue weighted by Crippen LogP contribution is -2.32. The number of pyridine rings is 1. The first-order valence-corrected chi connectivity index (χ1v) is 5.32. The lowest BCUT2D eigenvalue weighted by atomic mass is 10.3. The van der Waals surface area contributed by atoms with Crippen molar-refractivity contribution in [3.05, 3.63) is 24.0 Å². The largest absolute Gasteiger partial charge is 0.477 e. The molecule has 0 unspecified atom stereocenters. The maximum atomic E-state index is 11.3. The fourth-order valence-corrected chi connectivity index (χ4v) is 1.16. The number of carboxylic acids is 1. The first-order valence-electron chi connectivity index (χ1n) is 5.32. The predicted octanol–water partition coefficient (Wildman–Crippen LogP) is -0.0457. The number of nitrogens with zero attached hydrogens (tertiary/aromatic N) is 1. The van der Waals surface area contributed by atoms with E-state index in [1.54, 1.807) is 13.2 Å². The Labute approximate surface area is 104 Å². The maximum Gasteiger partial charge on any atom is 0.354 e. The summed E-state index contributed by atoms with van der Waals surface area (Å²) in [6.07, 6.45) is 1.37. The van der Waals surface area contributed by atoms with E-state index < -0.39 is 5.97 Å². The summed E-state index contributed by atoms with van der Waals surface area (Å²) in [5.74, 6) is -1.26. The second-order valence-corrected chi connectivity index (χ2v) is 3.43. The topological polar surface area (TPSA) is 101 Å². The van der Waals surface area contributed by atoms with Gasteiger partial charge in [-0.1, -0.05) is 0 Å². The van der Waals surface area contributed by atoms with Crippen molar-refractivity contribution in [3.63, 3.8) is 0 Å². The highest BCUT2D eigenvalue weighted by Gasteiger charge is 2.04. The normalized spacial score (nSPS) is 9.83. The molecule has 0 bridgehead atoms. The van der Waals surface area contributed by atoms with Gasteiger partial charge in [0, 0.05) is 13.7 Å². The molecule has 0 aliphatic rings. The van der Waals surface area contributed by atoms with Gasteiger partial charge in [0.1, 0.15) is 5.69 Å². The lowest BCUT2D eigenvalue weighted by Gasteiger charge is -2.07. The van der Waals surface area contributed by atoms with E-state index in [2.05, 4.69) is 15.6 Å². The second-order valence-electron chi connectivity index (χ2n) is 3.43. The molecular formula is C11H15N3O4. The number of rotatable bonds is 7. The molecule has 1 aromatic heterocycles. The molecule has 1 rings (SSSR count). The number of hydrogen-bond acceptors (Lipinski definition) is 5. The Kier molecular flexibility index (Phi) is 5.59. The van der Waals surface area contributed by atoms with Crippen LogP contribution in [0.3, 0.4) is 0 Å². The average Bonchev–Trinajstić information content (AvgIpc) is 2.37. The van der Waals surface area contributed by atoms with Gasteiger partial charge in [0.15, 0.2) is 0 Å². The predicted molar refractivity (Wildman–Crippen MR) is 64.6 cm³/mol. The molecule has 0 radical (unpaired) electrons. The maximum absolute atomic E-state index is 11.3. The summed E-state index contributed by atoms with van der Waals surface area (Å²) in [6.45, 7) is 1.01. The van der Waals surface area contributed by atoms with Crippen molar-refractivity contribution in [3.8, 4) is 0 Å². The zero-order valence-corrected chi connectivity index (χ0v) is 9.97. The number of carbonyl (C=O) groups is 2. The van der Waals surface area contributed by atoms with Gasteiger partial charge in [-0.25, -0.2) is 9.78 Å². The number of aromatic carboxylic acids is 1. The van der Waals surface area contributed by atoms with Crippen LogP contribution in [0.4, 0.5) is 5.69 Å². The van der Waals surface area contributed by atoms with E-state index in [-0.39, 0.29) is 18.1 Å². The van der Waals surface area contributed by atoms with Crippen LogP contribution in [0.1, 0.15) is 10.5 Å². The molecule has 0 aliphatic heterocycles. The van der Waals surface area contributed by atoms with E-state index in [0.29, 0.717) is 18.8 Å². The van der Waals surface area contributed by atoms with Crippen molar-refractivity contribution in [2.45, 2.75) is 0 Å². The highest BCUT2D eigenvalue weighted by atomic mass is 16.5. The quantitative estimate of drug-likeness (QED) is 0.589. The van der Waals surface area contributed by atoms with E-state index in [4.69, 9.17) is 9.84 Å². The Hall–Kier alpha value is -2.15. The number of anilines is 1. The summed E-state index contributed by atoms with van der Waals surface area (Å²) in [6, 6.07) is 2.92. The molecule has 7 nitrogen and oxygen atoms in total. The van der Waals surface area contributed by atoms with Gasteiger partial charge < -0.3 is 20.5 Å². The highest BCUT2D eigenvalue weighted by molar-refractivity contribution is 5.85. The molecule has 1 amide bonds. The third kappa shape index (κ3) is 4.79. The lowest BCUT2D eigenvalue weighted by molar-refractivity contribution is -0.119. The number of amides is 1. The third-order valence-corrected chi connectivity index (χ3v) is 2.06. The fraction of sp³-hybridized carbons (Fsp3) is 0.364. The van der Waals surface area contributed by atoms with E-state index in [1.165, 1.54) is 12.3 Å². The molecule has 0 aliphatic carbocycles. The van der Waals surface area contributed by atoms with Crippen LogP contribution in [0, 0.1) is 0 Å². The number of carbonyl (C=O) groups excluding carboxylic acids is 1. The van der Waals surface area contributed by atoms with Crippen LogP contribution in [0.15, 0.2) is 18.3 Å². The Balaban J connectivity index is 2.34. The van der Waals surface area contributed by atoms with Crippen LogP contribution in [0.25, 0.3) is 0 Å². The van der Waals surface area contributed by atoms with E-state index in [0.717, 1.165) is 0 Å². The SMILES string of the molecule is COCCNC(=O)CNc1ccc(C(=O)O)nc1. The first kappa shape index (κ1) is 13.9. The van der Waals surface area contributed by atoms with Gasteiger partial charge in [0.2, 0.25) is 5.91 Å². The molecule has 1 aromatic rings. The molecule has 0 atom stereocenters. The monoisotopic (exact) mass is 253 g/mol. The number of hydrogen-bond donors (Lipinski definition) is 3. The molecule has 0 aromatic carbocycles. The van der Waals surface area contributed by atoms with Crippen LogP contribution in [0.2, 0.25) is 0 Å². The molecule has 7 heteroatoms. The van der Waals surface area contributed by atoms with Crippen molar-refractivity contribution >= 4 is 17.6 Å². The summed E-state index contributed by atoms with van der Waals surface area (Å²) in [7, 11) is 1.56. The van der Waals surface area contributed by atoms with Gasteiger partial charge in [-0.3, -0.25) is 4.79 Å². The van der Waals surface area contributed by atoms with Crippen LogP contribution in [-0.4, -0.2) is 48.8 Å². The minimum Gasteiger partial charge on any atom is -0.477 e. The zero-order chi connectivity index (χ0) is 13.4. The summed E-state index contributed by atoms with van der Waals surface area (Å²) in [5.41, 5.74) is 0.548. The van der Waals surface area contributed by atoms with Gasteiger partial charge in [0.05, 0.1) is 25.0 Å². The van der Waals surface area contributed by atoms with Gasteiger partial charge >= 0.3 is 5.97 Å². The average molecular weight is 253 g/mol. The van der Waals surface area contributed by atoms with Crippen molar-refractivity contribution in [1.82, 2.24) is 10.3 Å². The van der Waals surface area contributed by atoms with Gasteiger partial charge in [0.25, 0.3) is 0 Å². The standard InChI is InChI=1S/C11H15N3O4/c1-18-5-4-12-10(15)7-13-8-2-3-9(11(16)17)14-6-8/h2-3,6,13H,4-5,7H2,1H3,(H,12,15)(H,16,17). The van der Waals surface area contributed by atoms with Crippen molar-refractivity contribution < 1.29 is 19.4 Å². The van der Waals surface area contributed by atoms with Crippen LogP contribution < -0.4 is 10.6 Å². The van der Waals surface area contributed by atoms with Crippen molar-refractivity contribution in [2.75, 3.05) is 32.1 Å². The third-order valence-electron chi connectivity index (χ3n) is 2.06. The van der Waals surface area contributed by atoms with E-state index >= 15 is 0 Å². The van der Waals surface area contributed by atoms with E-state index in [1.807, 2.05) is 0 Å². The molecule has 0 fully saturated rings. The second kappa shape index (κ2) is 7.23. The number of nitrogens with one attached hydrogen (secondary N) is 2. The Bertz CT molecular complexity index is 405. The Morgan fingerprint density at radius 3 is 2.78 bits per heavy atom. The highest BCUT2D eigenvalue weighted by Crippen LogP contribution is 2.05. The molecule has 0 spiro atoms. The minimum absolute atomic E-state index is 0.0369. The molecule has 18 heavy (non-hydrogen) atoms. The number of methoxy groups -OCH3 is 1. The summed E-state index contributed by atoms with van der Waals surface area (Å²) < 4.78 is 4.79. The van der Waals surface area contributed by atoms with Gasteiger partial charge in [-0.05, 0) is 12.1 Å². The molecule has 98 valence electrons. The molecule has 0 saturated heterocycles. The number of carboxylic acid groups (broad SMARTS) is 1. The molecular weight excluding hydrogens is 238 g/mol. The molecule has 1 heterocycles. The van der Waals surface area contributed by atoms with E-state index in [9.17, 15) is 9.59 Å². The van der Waals surface area contributed by atoms with Crippen LogP contribution in [-0.2, 0) is 9.53 Å². The molecule has 0 saturated carbocycles. The minimum atomic E-state index is -1.08. The zero-order valence-electron chi connectivity index (χ0n) is 9.97. The van der Waals surface area contributed by atoms with Crippen LogP contribution >= 0.6 is 0 Å². The number of ether oxygens (including phenoxy) is 1. The fourth-order valence-electron chi connectivity index (χ4n) is 1.16. The van der Waals surface area contributed by atoms with Gasteiger partial charge in [-0.15, -0.1) is 0 Å². The van der Waals surface area contributed by atoms with Crippen molar-refractivity contribution in [1.29, 1.82) is 0 Å². The summed E-state index contributed by atoms with van der Waals surface area (Å²) in [5, 5.41) is 14.1. The molecule has 3 N–H and O–H groups in total. The summed E-state index contributed by atoms with van der Waals surface area (Å²) in [4.78, 5) is 25.6. The van der Waals surface area contributed by atoms with Crippen molar-refractivity contribution in [2.24, 2.45) is 0 Å². The Morgan fingerprint density at radius 1 is 1.44 bits per heavy atom. The van der Waals surface area contributed by atoms with Crippen LogP contribution in [0.5, 0.6) is 0 Å².